The topological polar surface area (TPSA) is 47.4 Å². The summed E-state index contributed by atoms with van der Waals surface area (Å²) in [6, 6.07) is 0.376. The van der Waals surface area contributed by atoms with Gasteiger partial charge in [0, 0.05) is 12.6 Å². The second-order valence-corrected chi connectivity index (χ2v) is 6.11. The van der Waals surface area contributed by atoms with E-state index in [9.17, 15) is 4.79 Å². The molecule has 1 saturated heterocycles. The molecule has 2 aliphatic rings. The Balaban J connectivity index is 1.80. The average molecular weight is 318 g/mol. The highest BCUT2D eigenvalue weighted by molar-refractivity contribution is 6.41. The molecule has 3 rings (SSSR count). The van der Waals surface area contributed by atoms with Crippen molar-refractivity contribution in [2.75, 3.05) is 13.2 Å². The molecular weight excluding hydrogens is 301 g/mol. The number of rotatable bonds is 2. The molecule has 1 saturated carbocycles. The lowest BCUT2D eigenvalue weighted by Crippen LogP contribution is -2.53. The Labute approximate surface area is 127 Å². The smallest absolute Gasteiger partial charge is 0.288 e. The quantitative estimate of drug-likeness (QED) is 0.838. The summed E-state index contributed by atoms with van der Waals surface area (Å²) < 4.78 is 7.21. The standard InChI is InChI=1S/C13H17Cl2N3O2/c14-9-7-16-18(13(19)12(9)15)8-17-5-6-20-11-4-2-1-3-10(11)17/h7,10-11H,1-6,8H2/t10-,11-/m1/s1. The maximum atomic E-state index is 12.0. The van der Waals surface area contributed by atoms with Crippen molar-refractivity contribution < 1.29 is 4.74 Å². The van der Waals surface area contributed by atoms with Gasteiger partial charge in [-0.3, -0.25) is 9.69 Å². The van der Waals surface area contributed by atoms with Crippen LogP contribution in [0.1, 0.15) is 25.7 Å². The van der Waals surface area contributed by atoms with E-state index < -0.39 is 0 Å². The largest absolute Gasteiger partial charge is 0.375 e. The highest BCUT2D eigenvalue weighted by Gasteiger charge is 2.34. The van der Waals surface area contributed by atoms with E-state index in [4.69, 9.17) is 27.9 Å². The van der Waals surface area contributed by atoms with Crippen LogP contribution in [0.4, 0.5) is 0 Å². The van der Waals surface area contributed by atoms with Gasteiger partial charge < -0.3 is 4.74 Å². The predicted octanol–water partition coefficient (Wildman–Crippen LogP) is 2.15. The fourth-order valence-corrected chi connectivity index (χ4v) is 3.34. The van der Waals surface area contributed by atoms with E-state index >= 15 is 0 Å². The zero-order chi connectivity index (χ0) is 14.1. The van der Waals surface area contributed by atoms with Crippen LogP contribution < -0.4 is 5.56 Å². The lowest BCUT2D eigenvalue weighted by Gasteiger charge is -2.43. The van der Waals surface area contributed by atoms with Crippen LogP contribution in [0.15, 0.2) is 11.0 Å². The van der Waals surface area contributed by atoms with E-state index in [0.717, 1.165) is 19.4 Å². The molecule has 20 heavy (non-hydrogen) atoms. The summed E-state index contributed by atoms with van der Waals surface area (Å²) in [5.74, 6) is 0. The minimum absolute atomic E-state index is 0.0371. The lowest BCUT2D eigenvalue weighted by atomic mass is 9.90. The molecule has 1 aliphatic carbocycles. The Bertz CT molecular complexity index is 547. The zero-order valence-corrected chi connectivity index (χ0v) is 12.6. The van der Waals surface area contributed by atoms with Gasteiger partial charge in [-0.25, -0.2) is 4.68 Å². The van der Waals surface area contributed by atoms with Gasteiger partial charge in [0.2, 0.25) is 0 Å². The monoisotopic (exact) mass is 317 g/mol. The Morgan fingerprint density at radius 1 is 1.35 bits per heavy atom. The Morgan fingerprint density at radius 2 is 2.15 bits per heavy atom. The van der Waals surface area contributed by atoms with E-state index in [2.05, 4.69) is 10.00 Å². The third kappa shape index (κ3) is 2.72. The number of halogens is 2. The van der Waals surface area contributed by atoms with Gasteiger partial charge in [0.05, 0.1) is 30.6 Å². The van der Waals surface area contributed by atoms with E-state index in [1.165, 1.54) is 23.7 Å². The Kier molecular flexibility index (Phi) is 4.31. The van der Waals surface area contributed by atoms with Crippen molar-refractivity contribution in [1.29, 1.82) is 0 Å². The molecule has 0 spiro atoms. The van der Waals surface area contributed by atoms with Gasteiger partial charge in [-0.2, -0.15) is 5.10 Å². The van der Waals surface area contributed by atoms with Gasteiger partial charge in [-0.1, -0.05) is 36.0 Å². The van der Waals surface area contributed by atoms with Crippen LogP contribution in [-0.2, 0) is 11.4 Å². The molecule has 0 unspecified atom stereocenters. The molecule has 2 heterocycles. The van der Waals surface area contributed by atoms with E-state index in [0.29, 0.717) is 19.3 Å². The van der Waals surface area contributed by atoms with Crippen molar-refractivity contribution in [3.05, 3.63) is 26.6 Å². The summed E-state index contributed by atoms with van der Waals surface area (Å²) in [5, 5.41) is 4.31. The molecular formula is C13H17Cl2N3O2. The molecule has 110 valence electrons. The van der Waals surface area contributed by atoms with Crippen molar-refractivity contribution in [3.8, 4) is 0 Å². The summed E-state index contributed by atoms with van der Waals surface area (Å²) in [4.78, 5) is 14.3. The Hall–Kier alpha value is -0.620. The third-order valence-corrected chi connectivity index (χ3v) is 4.85. The normalized spacial score (nSPS) is 27.3. The lowest BCUT2D eigenvalue weighted by molar-refractivity contribution is -0.0996. The highest BCUT2D eigenvalue weighted by atomic mass is 35.5. The van der Waals surface area contributed by atoms with Crippen LogP contribution in [0, 0.1) is 0 Å². The molecule has 0 aromatic carbocycles. The summed E-state index contributed by atoms with van der Waals surface area (Å²) in [6.07, 6.45) is 6.36. The van der Waals surface area contributed by atoms with Crippen LogP contribution in [0.25, 0.3) is 0 Å². The molecule has 5 nitrogen and oxygen atoms in total. The zero-order valence-electron chi connectivity index (χ0n) is 11.1. The van der Waals surface area contributed by atoms with Crippen LogP contribution in [0.5, 0.6) is 0 Å². The first-order chi connectivity index (χ1) is 9.66. The van der Waals surface area contributed by atoms with Gasteiger partial charge in [0.1, 0.15) is 5.02 Å². The number of nitrogens with zero attached hydrogens (tertiary/aromatic N) is 3. The van der Waals surface area contributed by atoms with Crippen LogP contribution in [0.3, 0.4) is 0 Å². The number of fused-ring (bicyclic) bond motifs is 1. The number of morpholine rings is 1. The molecule has 2 fully saturated rings. The van der Waals surface area contributed by atoms with Gasteiger partial charge in [-0.05, 0) is 12.8 Å². The number of aromatic nitrogens is 2. The van der Waals surface area contributed by atoms with E-state index in [-0.39, 0.29) is 21.7 Å². The SMILES string of the molecule is O=c1c(Cl)c(Cl)cnn1CN1CCO[C@@H]2CCCC[C@H]21. The molecule has 0 N–H and O–H groups in total. The molecule has 1 aromatic rings. The van der Waals surface area contributed by atoms with E-state index in [1.54, 1.807) is 0 Å². The summed E-state index contributed by atoms with van der Waals surface area (Å²) in [6.45, 7) is 1.97. The fourth-order valence-electron chi connectivity index (χ4n) is 3.07. The van der Waals surface area contributed by atoms with Crippen molar-refractivity contribution >= 4 is 23.2 Å². The maximum Gasteiger partial charge on any atom is 0.288 e. The predicted molar refractivity (Wildman–Crippen MR) is 77.2 cm³/mol. The van der Waals surface area contributed by atoms with Crippen molar-refractivity contribution in [1.82, 2.24) is 14.7 Å². The molecule has 0 bridgehead atoms. The first-order valence-corrected chi connectivity index (χ1v) is 7.69. The first-order valence-electron chi connectivity index (χ1n) is 6.93. The number of ether oxygens (including phenoxy) is 1. The molecule has 1 aliphatic heterocycles. The molecule has 2 atom stereocenters. The molecule has 1 aromatic heterocycles. The van der Waals surface area contributed by atoms with Gasteiger partial charge in [0.15, 0.2) is 0 Å². The van der Waals surface area contributed by atoms with Crippen LogP contribution >= 0.6 is 23.2 Å². The minimum Gasteiger partial charge on any atom is -0.375 e. The third-order valence-electron chi connectivity index (χ3n) is 4.11. The summed E-state index contributed by atoms with van der Waals surface area (Å²) in [5.41, 5.74) is -0.335. The average Bonchev–Trinajstić information content (AvgIpc) is 2.48. The fraction of sp³-hybridized carbons (Fsp3) is 0.692. The van der Waals surface area contributed by atoms with Crippen LogP contribution in [0.2, 0.25) is 10.0 Å². The minimum atomic E-state index is -0.335. The number of hydrogen-bond acceptors (Lipinski definition) is 4. The number of hydrogen-bond donors (Lipinski definition) is 0. The van der Waals surface area contributed by atoms with Crippen LogP contribution in [-0.4, -0.2) is 40.0 Å². The van der Waals surface area contributed by atoms with Crippen molar-refractivity contribution in [2.45, 2.75) is 44.5 Å². The van der Waals surface area contributed by atoms with Crippen molar-refractivity contribution in [2.24, 2.45) is 0 Å². The van der Waals surface area contributed by atoms with Gasteiger partial charge >= 0.3 is 0 Å². The summed E-state index contributed by atoms with van der Waals surface area (Å²) in [7, 11) is 0. The first kappa shape index (κ1) is 14.3. The Morgan fingerprint density at radius 3 is 3.00 bits per heavy atom. The molecule has 0 amide bonds. The molecule has 7 heteroatoms. The highest BCUT2D eigenvalue weighted by Crippen LogP contribution is 2.28. The second-order valence-electron chi connectivity index (χ2n) is 5.33. The second kappa shape index (κ2) is 6.02. The maximum absolute atomic E-state index is 12.0. The van der Waals surface area contributed by atoms with Gasteiger partial charge in [0.25, 0.3) is 5.56 Å². The van der Waals surface area contributed by atoms with Gasteiger partial charge in [-0.15, -0.1) is 0 Å². The summed E-state index contributed by atoms with van der Waals surface area (Å²) >= 11 is 11.7. The van der Waals surface area contributed by atoms with Crippen molar-refractivity contribution in [3.63, 3.8) is 0 Å². The molecule has 0 radical (unpaired) electrons. The van der Waals surface area contributed by atoms with E-state index in [1.807, 2.05) is 0 Å².